The zero-order valence-corrected chi connectivity index (χ0v) is 10.8. The number of carbonyl (C=O) groups is 1. The van der Waals surface area contributed by atoms with Crippen molar-refractivity contribution in [3.63, 3.8) is 0 Å². The fourth-order valence-corrected chi connectivity index (χ4v) is 1.97. The predicted molar refractivity (Wildman–Crippen MR) is 65.9 cm³/mol. The number of nitrogens with two attached hydrogens (primary N) is 1. The number of carbonyl (C=O) groups excluding carboxylic acids is 1. The molecule has 0 bridgehead atoms. The van der Waals surface area contributed by atoms with E-state index in [9.17, 15) is 13.2 Å². The van der Waals surface area contributed by atoms with Crippen molar-refractivity contribution in [1.29, 1.82) is 0 Å². The third kappa shape index (κ3) is 4.20. The van der Waals surface area contributed by atoms with Gasteiger partial charge in [0.2, 0.25) is 10.0 Å². The van der Waals surface area contributed by atoms with Crippen LogP contribution in [0.1, 0.15) is 19.4 Å². The van der Waals surface area contributed by atoms with Crippen molar-refractivity contribution in [2.75, 3.05) is 0 Å². The van der Waals surface area contributed by atoms with E-state index >= 15 is 0 Å². The number of sulfonamides is 1. The van der Waals surface area contributed by atoms with Crippen LogP contribution < -0.4 is 5.14 Å². The molecule has 0 saturated heterocycles. The summed E-state index contributed by atoms with van der Waals surface area (Å²) in [4.78, 5) is 10.6. The first-order valence-corrected chi connectivity index (χ1v) is 6.66. The van der Waals surface area contributed by atoms with Gasteiger partial charge < -0.3 is 4.74 Å². The van der Waals surface area contributed by atoms with Gasteiger partial charge in [-0.25, -0.2) is 13.6 Å². The van der Waals surface area contributed by atoms with E-state index in [1.807, 2.05) is 0 Å². The molecule has 0 aliphatic rings. The van der Waals surface area contributed by atoms with E-state index in [2.05, 4.69) is 11.8 Å². The topological polar surface area (TPSA) is 86.5 Å². The zero-order chi connectivity index (χ0) is 13.8. The standard InChI is InChI=1S/C12H13NO4S/c1-9(17-10(2)14)7-8-11-5-3-4-6-12(11)18(13,15)16/h3-6,9H,1-2H3,(H2,13,15,16). The summed E-state index contributed by atoms with van der Waals surface area (Å²) in [6, 6.07) is 6.11. The minimum atomic E-state index is -3.81. The number of primary sulfonamides is 1. The van der Waals surface area contributed by atoms with Gasteiger partial charge in [-0.3, -0.25) is 4.79 Å². The van der Waals surface area contributed by atoms with Gasteiger partial charge in [0.15, 0.2) is 6.10 Å². The molecule has 0 fully saturated rings. The fourth-order valence-electron chi connectivity index (χ4n) is 1.28. The van der Waals surface area contributed by atoms with Crippen LogP contribution in [0.25, 0.3) is 0 Å². The maximum absolute atomic E-state index is 11.3. The molecule has 2 N–H and O–H groups in total. The van der Waals surface area contributed by atoms with Crippen LogP contribution in [-0.2, 0) is 19.6 Å². The molecule has 5 nitrogen and oxygen atoms in total. The highest BCUT2D eigenvalue weighted by Crippen LogP contribution is 2.12. The van der Waals surface area contributed by atoms with E-state index < -0.39 is 22.1 Å². The Hall–Kier alpha value is -1.84. The van der Waals surface area contributed by atoms with E-state index in [-0.39, 0.29) is 10.5 Å². The third-order valence-corrected chi connectivity index (χ3v) is 2.92. The number of rotatable bonds is 2. The van der Waals surface area contributed by atoms with Crippen LogP contribution in [0.2, 0.25) is 0 Å². The highest BCUT2D eigenvalue weighted by molar-refractivity contribution is 7.89. The number of hydrogen-bond acceptors (Lipinski definition) is 4. The average Bonchev–Trinajstić information content (AvgIpc) is 2.24. The summed E-state index contributed by atoms with van der Waals surface area (Å²) < 4.78 is 27.4. The number of benzene rings is 1. The van der Waals surface area contributed by atoms with Crippen molar-refractivity contribution in [2.24, 2.45) is 5.14 Å². The fraction of sp³-hybridized carbons (Fsp3) is 0.250. The van der Waals surface area contributed by atoms with E-state index in [1.165, 1.54) is 19.1 Å². The monoisotopic (exact) mass is 267 g/mol. The first-order chi connectivity index (χ1) is 8.30. The lowest BCUT2D eigenvalue weighted by atomic mass is 10.2. The maximum Gasteiger partial charge on any atom is 0.303 e. The average molecular weight is 267 g/mol. The molecule has 0 heterocycles. The van der Waals surface area contributed by atoms with Crippen molar-refractivity contribution in [3.05, 3.63) is 29.8 Å². The van der Waals surface area contributed by atoms with E-state index in [0.29, 0.717) is 0 Å². The van der Waals surface area contributed by atoms with Crippen molar-refractivity contribution < 1.29 is 17.9 Å². The Morgan fingerprint density at radius 2 is 2.00 bits per heavy atom. The molecule has 0 saturated carbocycles. The molecule has 1 atom stereocenters. The van der Waals surface area contributed by atoms with Gasteiger partial charge in [-0.1, -0.05) is 24.0 Å². The Morgan fingerprint density at radius 1 is 1.39 bits per heavy atom. The SMILES string of the molecule is CC(=O)OC(C)C#Cc1ccccc1S(N)(=O)=O. The Labute approximate surface area is 106 Å². The van der Waals surface area contributed by atoms with Crippen molar-refractivity contribution in [1.82, 2.24) is 0 Å². The lowest BCUT2D eigenvalue weighted by molar-refractivity contribution is -0.143. The first kappa shape index (κ1) is 14.2. The van der Waals surface area contributed by atoms with E-state index in [1.54, 1.807) is 19.1 Å². The molecule has 0 aliphatic heterocycles. The smallest absolute Gasteiger partial charge is 0.303 e. The molecule has 96 valence electrons. The molecule has 1 aromatic rings. The largest absolute Gasteiger partial charge is 0.450 e. The third-order valence-electron chi connectivity index (χ3n) is 1.95. The lowest BCUT2D eigenvalue weighted by Gasteiger charge is -2.04. The second kappa shape index (κ2) is 5.67. The lowest BCUT2D eigenvalue weighted by Crippen LogP contribution is -2.14. The summed E-state index contributed by atoms with van der Waals surface area (Å²) in [5, 5.41) is 5.06. The molecule has 0 amide bonds. The first-order valence-electron chi connectivity index (χ1n) is 5.11. The van der Waals surface area contributed by atoms with Gasteiger partial charge in [-0.15, -0.1) is 0 Å². The normalized spacial score (nSPS) is 12.2. The number of ether oxygens (including phenoxy) is 1. The molecule has 1 aromatic carbocycles. The summed E-state index contributed by atoms with van der Waals surface area (Å²) in [5.41, 5.74) is 0.277. The summed E-state index contributed by atoms with van der Waals surface area (Å²) in [6.45, 7) is 2.87. The molecule has 0 aliphatic carbocycles. The minimum absolute atomic E-state index is 0.0486. The highest BCUT2D eigenvalue weighted by Gasteiger charge is 2.11. The predicted octanol–water partition coefficient (Wildman–Crippen LogP) is 0.637. The summed E-state index contributed by atoms with van der Waals surface area (Å²) in [7, 11) is -3.81. The van der Waals surface area contributed by atoms with Crippen LogP contribution >= 0.6 is 0 Å². The van der Waals surface area contributed by atoms with Gasteiger partial charge in [0.25, 0.3) is 0 Å². The van der Waals surface area contributed by atoms with Gasteiger partial charge in [0.1, 0.15) is 0 Å². The Bertz CT molecular complexity index is 610. The van der Waals surface area contributed by atoms with Gasteiger partial charge in [0.05, 0.1) is 4.90 Å². The zero-order valence-electron chi connectivity index (χ0n) is 10.0. The van der Waals surface area contributed by atoms with E-state index in [0.717, 1.165) is 0 Å². The van der Waals surface area contributed by atoms with Crippen LogP contribution in [0.15, 0.2) is 29.2 Å². The molecule has 0 spiro atoms. The molecule has 1 rings (SSSR count). The molecule has 0 radical (unpaired) electrons. The molecule has 0 aromatic heterocycles. The van der Waals surface area contributed by atoms with Crippen LogP contribution in [0, 0.1) is 11.8 Å². The molecular weight excluding hydrogens is 254 g/mol. The van der Waals surface area contributed by atoms with Crippen LogP contribution in [0.5, 0.6) is 0 Å². The van der Waals surface area contributed by atoms with Gasteiger partial charge in [-0.2, -0.15) is 0 Å². The molecular formula is C12H13NO4S. The van der Waals surface area contributed by atoms with Crippen LogP contribution in [0.3, 0.4) is 0 Å². The van der Waals surface area contributed by atoms with Gasteiger partial charge >= 0.3 is 5.97 Å². The minimum Gasteiger partial charge on any atom is -0.450 e. The quantitative estimate of drug-likeness (QED) is 0.629. The Morgan fingerprint density at radius 3 is 2.56 bits per heavy atom. The van der Waals surface area contributed by atoms with E-state index in [4.69, 9.17) is 9.88 Å². The molecule has 1 unspecified atom stereocenters. The maximum atomic E-state index is 11.3. The second-order valence-corrected chi connectivity index (χ2v) is 5.09. The van der Waals surface area contributed by atoms with Crippen molar-refractivity contribution in [3.8, 4) is 11.8 Å². The highest BCUT2D eigenvalue weighted by atomic mass is 32.2. The van der Waals surface area contributed by atoms with Crippen LogP contribution in [-0.4, -0.2) is 20.5 Å². The summed E-state index contributed by atoms with van der Waals surface area (Å²) >= 11 is 0. The summed E-state index contributed by atoms with van der Waals surface area (Å²) in [5.74, 6) is 4.82. The number of esters is 1. The molecule has 18 heavy (non-hydrogen) atoms. The van der Waals surface area contributed by atoms with Crippen molar-refractivity contribution >= 4 is 16.0 Å². The second-order valence-electron chi connectivity index (χ2n) is 3.56. The van der Waals surface area contributed by atoms with Crippen molar-refractivity contribution in [2.45, 2.75) is 24.8 Å². The molecule has 6 heteroatoms. The number of hydrogen-bond donors (Lipinski definition) is 1. The van der Waals surface area contributed by atoms with Gasteiger partial charge in [-0.05, 0) is 19.1 Å². The Kier molecular flexibility index (Phi) is 4.48. The van der Waals surface area contributed by atoms with Crippen LogP contribution in [0.4, 0.5) is 0 Å². The van der Waals surface area contributed by atoms with Gasteiger partial charge in [0, 0.05) is 12.5 Å². The Balaban J connectivity index is 3.06. The summed E-state index contributed by atoms with van der Waals surface area (Å²) in [6.07, 6.45) is -0.615.